The van der Waals surface area contributed by atoms with Crippen molar-refractivity contribution in [3.05, 3.63) is 0 Å². The van der Waals surface area contributed by atoms with Crippen molar-refractivity contribution in [2.45, 2.75) is 130 Å². The van der Waals surface area contributed by atoms with Crippen LogP contribution in [0, 0.1) is 0 Å². The van der Waals surface area contributed by atoms with Crippen LogP contribution in [0.5, 0.6) is 0 Å². The van der Waals surface area contributed by atoms with Crippen molar-refractivity contribution in [1.29, 1.82) is 0 Å². The van der Waals surface area contributed by atoms with E-state index in [0.29, 0.717) is 39.6 Å². The van der Waals surface area contributed by atoms with Crippen LogP contribution in [-0.2, 0) is 18.9 Å². The summed E-state index contributed by atoms with van der Waals surface area (Å²) in [5.74, 6) is 0. The lowest BCUT2D eigenvalue weighted by Gasteiger charge is -2.09. The molecule has 0 bridgehead atoms. The lowest BCUT2D eigenvalue weighted by atomic mass is 10.0. The van der Waals surface area contributed by atoms with E-state index in [-0.39, 0.29) is 6.10 Å². The van der Waals surface area contributed by atoms with Gasteiger partial charge in [-0.15, -0.1) is 0 Å². The molecule has 4 heteroatoms. The summed E-state index contributed by atoms with van der Waals surface area (Å²) >= 11 is 0. The number of unbranched alkanes of at least 4 members (excludes halogenated alkanes) is 15. The summed E-state index contributed by atoms with van der Waals surface area (Å²) in [7, 11) is 0. The van der Waals surface area contributed by atoms with E-state index in [1.54, 1.807) is 0 Å². The van der Waals surface area contributed by atoms with Crippen LogP contribution in [0.25, 0.3) is 0 Å². The van der Waals surface area contributed by atoms with Gasteiger partial charge in [0.1, 0.15) is 0 Å². The van der Waals surface area contributed by atoms with Gasteiger partial charge in [-0.3, -0.25) is 0 Å². The largest absolute Gasteiger partial charge is 0.379 e. The molecule has 0 unspecified atom stereocenters. The highest BCUT2D eigenvalue weighted by atomic mass is 16.6. The van der Waals surface area contributed by atoms with Crippen molar-refractivity contribution < 1.29 is 18.9 Å². The minimum absolute atomic E-state index is 0.270. The maximum absolute atomic E-state index is 5.64. The minimum Gasteiger partial charge on any atom is -0.379 e. The third-order valence-corrected chi connectivity index (χ3v) is 5.57. The van der Waals surface area contributed by atoms with Crippen LogP contribution >= 0.6 is 0 Å². The van der Waals surface area contributed by atoms with E-state index in [1.807, 2.05) is 13.8 Å². The van der Waals surface area contributed by atoms with Crippen LogP contribution in [-0.4, -0.2) is 52.4 Å². The molecule has 0 rings (SSSR count). The van der Waals surface area contributed by atoms with Gasteiger partial charge in [0.2, 0.25) is 0 Å². The lowest BCUT2D eigenvalue weighted by Crippen LogP contribution is -2.13. The van der Waals surface area contributed by atoms with Gasteiger partial charge in [0.05, 0.1) is 45.7 Å². The van der Waals surface area contributed by atoms with E-state index >= 15 is 0 Å². The first-order valence-corrected chi connectivity index (χ1v) is 13.6. The number of hydrogen-bond acceptors (Lipinski definition) is 4. The van der Waals surface area contributed by atoms with Crippen LogP contribution in [0.3, 0.4) is 0 Å². The van der Waals surface area contributed by atoms with Crippen molar-refractivity contribution in [1.82, 2.24) is 0 Å². The Morgan fingerprint density at radius 2 is 0.710 bits per heavy atom. The lowest BCUT2D eigenvalue weighted by molar-refractivity contribution is -0.0119. The first-order chi connectivity index (χ1) is 15.3. The van der Waals surface area contributed by atoms with Crippen molar-refractivity contribution in [2.75, 3.05) is 46.2 Å². The molecule has 4 nitrogen and oxygen atoms in total. The SMILES string of the molecule is CCCCCCCCCCCCCCCCCCOCCOCCOCCOC(C)C. The highest BCUT2D eigenvalue weighted by Gasteiger charge is 1.96. The molecular weight excluding hydrogens is 388 g/mol. The fourth-order valence-electron chi connectivity index (χ4n) is 3.64. The number of rotatable bonds is 27. The summed E-state index contributed by atoms with van der Waals surface area (Å²) in [6.07, 6.45) is 22.7. The van der Waals surface area contributed by atoms with Crippen molar-refractivity contribution in [3.63, 3.8) is 0 Å². The van der Waals surface area contributed by atoms with Crippen molar-refractivity contribution in [2.24, 2.45) is 0 Å². The molecule has 0 spiro atoms. The van der Waals surface area contributed by atoms with Gasteiger partial charge in [0, 0.05) is 6.61 Å². The molecule has 0 amide bonds. The molecule has 0 heterocycles. The first-order valence-electron chi connectivity index (χ1n) is 13.6. The molecule has 0 radical (unpaired) electrons. The Kier molecular flexibility index (Phi) is 27.7. The fourth-order valence-corrected chi connectivity index (χ4v) is 3.64. The second-order valence-corrected chi connectivity index (χ2v) is 9.06. The highest BCUT2D eigenvalue weighted by molar-refractivity contribution is 4.50. The van der Waals surface area contributed by atoms with Crippen LogP contribution < -0.4 is 0 Å². The zero-order chi connectivity index (χ0) is 22.7. The van der Waals surface area contributed by atoms with E-state index in [2.05, 4.69) is 6.92 Å². The summed E-state index contributed by atoms with van der Waals surface area (Å²) in [6.45, 7) is 11.1. The van der Waals surface area contributed by atoms with Gasteiger partial charge < -0.3 is 18.9 Å². The molecule has 0 aliphatic rings. The average Bonchev–Trinajstić information content (AvgIpc) is 2.76. The topological polar surface area (TPSA) is 36.9 Å². The molecule has 0 aromatic rings. The van der Waals surface area contributed by atoms with E-state index < -0.39 is 0 Å². The predicted molar refractivity (Wildman–Crippen MR) is 133 cm³/mol. The Morgan fingerprint density at radius 1 is 0.387 bits per heavy atom. The summed E-state index contributed by atoms with van der Waals surface area (Å²) in [4.78, 5) is 0. The number of hydrogen-bond donors (Lipinski definition) is 0. The van der Waals surface area contributed by atoms with Crippen LogP contribution in [0.1, 0.15) is 124 Å². The molecule has 31 heavy (non-hydrogen) atoms. The summed E-state index contributed by atoms with van der Waals surface area (Å²) < 4.78 is 22.0. The summed E-state index contributed by atoms with van der Waals surface area (Å²) in [5, 5.41) is 0. The summed E-state index contributed by atoms with van der Waals surface area (Å²) in [6, 6.07) is 0. The summed E-state index contributed by atoms with van der Waals surface area (Å²) in [5.41, 5.74) is 0. The Morgan fingerprint density at radius 3 is 1.10 bits per heavy atom. The molecule has 188 valence electrons. The van der Waals surface area contributed by atoms with E-state index in [1.165, 1.54) is 103 Å². The predicted octanol–water partition coefficient (Wildman–Crippen LogP) is 7.72. The third-order valence-electron chi connectivity index (χ3n) is 5.57. The van der Waals surface area contributed by atoms with Crippen LogP contribution in [0.15, 0.2) is 0 Å². The van der Waals surface area contributed by atoms with Crippen LogP contribution in [0.4, 0.5) is 0 Å². The molecule has 0 saturated heterocycles. The molecule has 0 aromatic heterocycles. The van der Waals surface area contributed by atoms with Crippen molar-refractivity contribution in [3.8, 4) is 0 Å². The van der Waals surface area contributed by atoms with Crippen molar-refractivity contribution >= 4 is 0 Å². The van der Waals surface area contributed by atoms with Gasteiger partial charge in [-0.1, -0.05) is 103 Å². The van der Waals surface area contributed by atoms with E-state index in [0.717, 1.165) is 6.61 Å². The van der Waals surface area contributed by atoms with Gasteiger partial charge >= 0.3 is 0 Å². The third kappa shape index (κ3) is 29.8. The molecule has 0 saturated carbocycles. The molecular formula is C27H56O4. The second kappa shape index (κ2) is 27.9. The molecule has 0 atom stereocenters. The maximum Gasteiger partial charge on any atom is 0.0703 e. The Balaban J connectivity index is 2.99. The second-order valence-electron chi connectivity index (χ2n) is 9.06. The Hall–Kier alpha value is -0.160. The van der Waals surface area contributed by atoms with Gasteiger partial charge in [-0.25, -0.2) is 0 Å². The quantitative estimate of drug-likeness (QED) is 0.121. The normalized spacial score (nSPS) is 11.6. The van der Waals surface area contributed by atoms with Gasteiger partial charge in [-0.05, 0) is 20.3 Å². The van der Waals surface area contributed by atoms with Crippen LogP contribution in [0.2, 0.25) is 0 Å². The zero-order valence-corrected chi connectivity index (χ0v) is 21.5. The van der Waals surface area contributed by atoms with Gasteiger partial charge in [-0.2, -0.15) is 0 Å². The van der Waals surface area contributed by atoms with Gasteiger partial charge in [0.15, 0.2) is 0 Å². The van der Waals surface area contributed by atoms with E-state index in [4.69, 9.17) is 18.9 Å². The standard InChI is InChI=1S/C27H56O4/c1-4-5-6-7-8-9-10-11-12-13-14-15-16-17-18-19-20-28-21-22-29-23-24-30-25-26-31-27(2)3/h27H,4-26H2,1-3H3. The zero-order valence-electron chi connectivity index (χ0n) is 21.5. The minimum atomic E-state index is 0.270. The molecule has 0 aliphatic heterocycles. The smallest absolute Gasteiger partial charge is 0.0703 e. The highest BCUT2D eigenvalue weighted by Crippen LogP contribution is 2.13. The maximum atomic E-state index is 5.64. The molecule has 0 N–H and O–H groups in total. The van der Waals surface area contributed by atoms with Gasteiger partial charge in [0.25, 0.3) is 0 Å². The number of ether oxygens (including phenoxy) is 4. The average molecular weight is 445 g/mol. The monoisotopic (exact) mass is 444 g/mol. The molecule has 0 fully saturated rings. The first kappa shape index (κ1) is 30.8. The molecule has 0 aromatic carbocycles. The molecule has 0 aliphatic carbocycles. The Bertz CT molecular complexity index is 310. The van der Waals surface area contributed by atoms with E-state index in [9.17, 15) is 0 Å². The Labute approximate surface area is 195 Å². The fraction of sp³-hybridized carbons (Fsp3) is 1.00.